The summed E-state index contributed by atoms with van der Waals surface area (Å²) >= 11 is 0. The molecule has 6 heteroatoms. The minimum absolute atomic E-state index is 0.124. The molecule has 1 aliphatic rings. The summed E-state index contributed by atoms with van der Waals surface area (Å²) in [4.78, 5) is 2.04. The number of nitrogens with one attached hydrogen (secondary N) is 1. The van der Waals surface area contributed by atoms with Gasteiger partial charge in [-0.15, -0.1) is 6.58 Å². The van der Waals surface area contributed by atoms with Crippen molar-refractivity contribution in [1.82, 2.24) is 10.2 Å². The third-order valence-electron chi connectivity index (χ3n) is 3.92. The molecule has 1 aromatic carbocycles. The SMILES string of the molecule is C=CCC[C@@H](c1cc(C(F)(F)F)ccc1F)N1CCNCC1. The molecule has 2 nitrogen and oxygen atoms in total. The first-order valence-corrected chi connectivity index (χ1v) is 7.36. The molecule has 1 fully saturated rings. The molecule has 0 bridgehead atoms. The molecule has 22 heavy (non-hydrogen) atoms. The summed E-state index contributed by atoms with van der Waals surface area (Å²) in [5.41, 5.74) is -0.679. The van der Waals surface area contributed by atoms with Crippen LogP contribution >= 0.6 is 0 Å². The van der Waals surface area contributed by atoms with E-state index < -0.39 is 17.6 Å². The van der Waals surface area contributed by atoms with Crippen molar-refractivity contribution in [1.29, 1.82) is 0 Å². The van der Waals surface area contributed by atoms with E-state index in [-0.39, 0.29) is 11.6 Å². The number of allylic oxidation sites excluding steroid dienone is 1. The maximum Gasteiger partial charge on any atom is 0.416 e. The van der Waals surface area contributed by atoms with Gasteiger partial charge in [-0.2, -0.15) is 13.2 Å². The number of hydrogen-bond donors (Lipinski definition) is 1. The van der Waals surface area contributed by atoms with Crippen LogP contribution in [-0.2, 0) is 6.18 Å². The van der Waals surface area contributed by atoms with Gasteiger partial charge in [-0.1, -0.05) is 6.08 Å². The van der Waals surface area contributed by atoms with Crippen molar-refractivity contribution in [2.75, 3.05) is 26.2 Å². The summed E-state index contributed by atoms with van der Waals surface area (Å²) in [5.74, 6) is -0.583. The fourth-order valence-corrected chi connectivity index (χ4v) is 2.78. The van der Waals surface area contributed by atoms with Crippen LogP contribution in [0.15, 0.2) is 30.9 Å². The van der Waals surface area contributed by atoms with E-state index >= 15 is 0 Å². The third-order valence-corrected chi connectivity index (χ3v) is 3.92. The summed E-state index contributed by atoms with van der Waals surface area (Å²) in [6.45, 7) is 6.54. The molecule has 0 aliphatic carbocycles. The van der Waals surface area contributed by atoms with E-state index in [0.717, 1.165) is 31.3 Å². The van der Waals surface area contributed by atoms with Crippen molar-refractivity contribution < 1.29 is 17.6 Å². The van der Waals surface area contributed by atoms with Gasteiger partial charge in [0.25, 0.3) is 0 Å². The topological polar surface area (TPSA) is 15.3 Å². The molecule has 0 spiro atoms. The molecule has 0 radical (unpaired) electrons. The first-order valence-electron chi connectivity index (χ1n) is 7.36. The zero-order valence-corrected chi connectivity index (χ0v) is 12.3. The Balaban J connectivity index is 2.34. The summed E-state index contributed by atoms with van der Waals surface area (Å²) in [6, 6.07) is 2.30. The van der Waals surface area contributed by atoms with Crippen molar-refractivity contribution in [3.05, 3.63) is 47.8 Å². The number of benzene rings is 1. The van der Waals surface area contributed by atoms with Crippen molar-refractivity contribution in [3.63, 3.8) is 0 Å². The number of nitrogens with zero attached hydrogens (tertiary/aromatic N) is 1. The first-order chi connectivity index (χ1) is 10.4. The van der Waals surface area contributed by atoms with E-state index in [1.165, 1.54) is 0 Å². The lowest BCUT2D eigenvalue weighted by Crippen LogP contribution is -2.45. The molecule has 0 unspecified atom stereocenters. The fraction of sp³-hybridized carbons (Fsp3) is 0.500. The lowest BCUT2D eigenvalue weighted by molar-refractivity contribution is -0.137. The summed E-state index contributed by atoms with van der Waals surface area (Å²) < 4.78 is 52.8. The largest absolute Gasteiger partial charge is 0.416 e. The van der Waals surface area contributed by atoms with Crippen LogP contribution in [-0.4, -0.2) is 31.1 Å². The molecule has 0 saturated carbocycles. The molecule has 1 aliphatic heterocycles. The second-order valence-electron chi connectivity index (χ2n) is 5.40. The Hall–Kier alpha value is -1.40. The minimum atomic E-state index is -4.46. The van der Waals surface area contributed by atoms with Crippen LogP contribution in [0.1, 0.15) is 30.0 Å². The Bertz CT molecular complexity index is 507. The van der Waals surface area contributed by atoms with E-state index in [9.17, 15) is 17.6 Å². The zero-order valence-electron chi connectivity index (χ0n) is 12.3. The predicted molar refractivity (Wildman–Crippen MR) is 78.0 cm³/mol. The number of rotatable bonds is 5. The number of halogens is 4. The Morgan fingerprint density at radius 3 is 2.55 bits per heavy atom. The van der Waals surface area contributed by atoms with Gasteiger partial charge in [-0.25, -0.2) is 4.39 Å². The summed E-state index contributed by atoms with van der Waals surface area (Å²) in [7, 11) is 0. The Morgan fingerprint density at radius 2 is 1.95 bits per heavy atom. The molecule has 122 valence electrons. The van der Waals surface area contributed by atoms with Crippen LogP contribution in [0.4, 0.5) is 17.6 Å². The van der Waals surface area contributed by atoms with Gasteiger partial charge in [0.15, 0.2) is 0 Å². The maximum absolute atomic E-state index is 14.2. The van der Waals surface area contributed by atoms with Crippen LogP contribution in [0.3, 0.4) is 0 Å². The highest BCUT2D eigenvalue weighted by Gasteiger charge is 2.33. The van der Waals surface area contributed by atoms with E-state index in [0.29, 0.717) is 25.9 Å². The van der Waals surface area contributed by atoms with Gasteiger partial charge in [0, 0.05) is 37.8 Å². The fourth-order valence-electron chi connectivity index (χ4n) is 2.78. The molecule has 1 heterocycles. The van der Waals surface area contributed by atoms with E-state index in [2.05, 4.69) is 11.9 Å². The van der Waals surface area contributed by atoms with Gasteiger partial charge in [0.05, 0.1) is 5.56 Å². The predicted octanol–water partition coefficient (Wildman–Crippen LogP) is 3.76. The van der Waals surface area contributed by atoms with Gasteiger partial charge < -0.3 is 5.32 Å². The molecule has 1 saturated heterocycles. The standard InChI is InChI=1S/C16H20F4N2/c1-2-3-4-15(22-9-7-21-8-10-22)13-11-12(16(18,19)20)5-6-14(13)17/h2,5-6,11,15,21H,1,3-4,7-10H2/t15-/m0/s1. The van der Waals surface area contributed by atoms with Gasteiger partial charge in [0.2, 0.25) is 0 Å². The van der Waals surface area contributed by atoms with Crippen LogP contribution in [0, 0.1) is 5.82 Å². The van der Waals surface area contributed by atoms with Crippen LogP contribution in [0.2, 0.25) is 0 Å². The molecule has 0 amide bonds. The molecular weight excluding hydrogens is 296 g/mol. The molecular formula is C16H20F4N2. The molecule has 2 rings (SSSR count). The normalized spacial score (nSPS) is 18.2. The van der Waals surface area contributed by atoms with E-state index in [4.69, 9.17) is 0 Å². The number of alkyl halides is 3. The van der Waals surface area contributed by atoms with Crippen molar-refractivity contribution >= 4 is 0 Å². The molecule has 1 aromatic rings. The summed E-state index contributed by atoms with van der Waals surface area (Å²) in [5, 5.41) is 3.19. The van der Waals surface area contributed by atoms with Crippen LogP contribution in [0.25, 0.3) is 0 Å². The van der Waals surface area contributed by atoms with Crippen molar-refractivity contribution in [3.8, 4) is 0 Å². The second kappa shape index (κ2) is 7.24. The number of piperazine rings is 1. The van der Waals surface area contributed by atoms with Crippen LogP contribution < -0.4 is 5.32 Å². The lowest BCUT2D eigenvalue weighted by atomic mass is 9.97. The first kappa shape index (κ1) is 17.0. The van der Waals surface area contributed by atoms with Gasteiger partial charge >= 0.3 is 6.18 Å². The monoisotopic (exact) mass is 316 g/mol. The van der Waals surface area contributed by atoms with Gasteiger partial charge in [0.1, 0.15) is 5.82 Å². The highest BCUT2D eigenvalue weighted by molar-refractivity contribution is 5.30. The molecule has 0 aromatic heterocycles. The zero-order chi connectivity index (χ0) is 16.2. The smallest absolute Gasteiger partial charge is 0.314 e. The molecule has 1 atom stereocenters. The molecule has 1 N–H and O–H groups in total. The number of hydrogen-bond acceptors (Lipinski definition) is 2. The van der Waals surface area contributed by atoms with Crippen molar-refractivity contribution in [2.24, 2.45) is 0 Å². The van der Waals surface area contributed by atoms with E-state index in [1.807, 2.05) is 4.90 Å². The Kier molecular flexibility index (Phi) is 5.58. The lowest BCUT2D eigenvalue weighted by Gasteiger charge is -2.35. The average molecular weight is 316 g/mol. The Labute approximate surface area is 127 Å². The van der Waals surface area contributed by atoms with Gasteiger partial charge in [-0.05, 0) is 31.0 Å². The highest BCUT2D eigenvalue weighted by atomic mass is 19.4. The van der Waals surface area contributed by atoms with Crippen LogP contribution in [0.5, 0.6) is 0 Å². The van der Waals surface area contributed by atoms with Crippen molar-refractivity contribution in [2.45, 2.75) is 25.1 Å². The Morgan fingerprint density at radius 1 is 1.27 bits per heavy atom. The minimum Gasteiger partial charge on any atom is -0.314 e. The highest BCUT2D eigenvalue weighted by Crippen LogP contribution is 2.35. The van der Waals surface area contributed by atoms with E-state index in [1.54, 1.807) is 6.08 Å². The third kappa shape index (κ3) is 4.08. The van der Waals surface area contributed by atoms with Gasteiger partial charge in [-0.3, -0.25) is 4.90 Å². The summed E-state index contributed by atoms with van der Waals surface area (Å²) in [6.07, 6.45) is -1.57. The second-order valence-corrected chi connectivity index (χ2v) is 5.40. The quantitative estimate of drug-likeness (QED) is 0.657. The maximum atomic E-state index is 14.2. The average Bonchev–Trinajstić information content (AvgIpc) is 2.49.